The van der Waals surface area contributed by atoms with E-state index in [0.29, 0.717) is 5.92 Å². The summed E-state index contributed by atoms with van der Waals surface area (Å²) in [6.45, 7) is 26.4. The Morgan fingerprint density at radius 2 is 0.974 bits per heavy atom. The Kier molecular flexibility index (Phi) is 24.1. The molecule has 0 radical (unpaired) electrons. The Hall–Kier alpha value is -7.98. The maximum Gasteiger partial charge on any atom is 0.0713 e. The van der Waals surface area contributed by atoms with Gasteiger partial charge in [0.2, 0.25) is 0 Å². The van der Waals surface area contributed by atoms with Gasteiger partial charge in [0.1, 0.15) is 0 Å². The van der Waals surface area contributed by atoms with Crippen LogP contribution in [0.15, 0.2) is 244 Å². The molecule has 0 aliphatic heterocycles. The zero-order chi connectivity index (χ0) is 54.7. The van der Waals surface area contributed by atoms with E-state index in [9.17, 15) is 0 Å². The topological polar surface area (TPSA) is 0 Å². The van der Waals surface area contributed by atoms with Crippen molar-refractivity contribution in [2.45, 2.75) is 114 Å². The molecule has 2 unspecified atom stereocenters. The van der Waals surface area contributed by atoms with Crippen LogP contribution in [0.3, 0.4) is 0 Å². The van der Waals surface area contributed by atoms with Crippen molar-refractivity contribution in [1.29, 1.82) is 0 Å². The molecule has 0 bridgehead atoms. The number of fused-ring (bicyclic) bond motifs is 10. The summed E-state index contributed by atoms with van der Waals surface area (Å²) in [5.41, 5.74) is 21.6. The standard InChI is InChI=1S/C27H22.C25H18.C14H12.4C2H6.C2H4.2CH4/c1-3-27(2)24-16-7-6-15-23(24)26-21(13-9-17-25(26)27)18-20-12-8-11-19-10-4-5-14-22(19)20;1-3-11-19(12-4-1)25(20-13-5-2-6-14-20)23-17-9-7-15-21(23)22-16-8-10-18-24(22)25;1-10-6-7-14-12(8-10)9-11-4-2-3-5-13(11)14;5*1-2;;/h1,4-15,17,24H,16,18H2,2H3;1-18H;2-8H,9H2,1H3;4*1-2H3;1-2H2;2*1H4. The van der Waals surface area contributed by atoms with Gasteiger partial charge in [-0.3, -0.25) is 0 Å². The molecule has 0 N–H and O–H groups in total. The number of hydrogen-bond donors (Lipinski definition) is 0. The first kappa shape index (κ1) is 62.6. The molecule has 0 fully saturated rings. The molecule has 13 rings (SSSR count). The van der Waals surface area contributed by atoms with Gasteiger partial charge in [-0.1, -0.05) is 312 Å². The largest absolute Gasteiger partial charge is 0.119 e. The molecule has 4 aliphatic rings. The van der Waals surface area contributed by atoms with Gasteiger partial charge in [-0.25, -0.2) is 0 Å². The highest BCUT2D eigenvalue weighted by Gasteiger charge is 2.47. The highest BCUT2D eigenvalue weighted by molar-refractivity contribution is 5.88. The van der Waals surface area contributed by atoms with Crippen molar-refractivity contribution in [2.24, 2.45) is 5.92 Å². The van der Waals surface area contributed by atoms with Gasteiger partial charge < -0.3 is 0 Å². The Morgan fingerprint density at radius 1 is 0.500 bits per heavy atom. The van der Waals surface area contributed by atoms with Crippen molar-refractivity contribution < 1.29 is 0 Å². The zero-order valence-corrected chi connectivity index (χ0v) is 47.1. The second-order valence-corrected chi connectivity index (χ2v) is 18.4. The lowest BCUT2D eigenvalue weighted by Gasteiger charge is -2.33. The summed E-state index contributed by atoms with van der Waals surface area (Å²) in [4.78, 5) is 0. The molecular weight excluding hydrogens is 937 g/mol. The summed E-state index contributed by atoms with van der Waals surface area (Å²) in [6, 6.07) is 76.8. The first-order valence-electron chi connectivity index (χ1n) is 27.9. The van der Waals surface area contributed by atoms with Crippen LogP contribution in [0.4, 0.5) is 0 Å². The maximum absolute atomic E-state index is 6.07. The quantitative estimate of drug-likeness (QED) is 0.122. The maximum atomic E-state index is 6.07. The van der Waals surface area contributed by atoms with Crippen LogP contribution in [0.5, 0.6) is 0 Å². The molecule has 0 heteroatoms. The molecule has 78 heavy (non-hydrogen) atoms. The number of terminal acetylenes is 1. The summed E-state index contributed by atoms with van der Waals surface area (Å²) in [7, 11) is 0. The predicted octanol–water partition coefficient (Wildman–Crippen LogP) is 22.1. The Morgan fingerprint density at radius 3 is 1.58 bits per heavy atom. The van der Waals surface area contributed by atoms with Crippen molar-refractivity contribution >= 4 is 16.3 Å². The van der Waals surface area contributed by atoms with Crippen LogP contribution in [-0.4, -0.2) is 0 Å². The third-order valence-electron chi connectivity index (χ3n) is 14.7. The van der Waals surface area contributed by atoms with E-state index in [1.807, 2.05) is 55.4 Å². The smallest absolute Gasteiger partial charge is 0.0713 e. The fourth-order valence-electron chi connectivity index (χ4n) is 11.6. The number of benzene rings is 9. The molecule has 0 nitrogen and oxygen atoms in total. The van der Waals surface area contributed by atoms with E-state index in [1.165, 1.54) is 99.8 Å². The fourth-order valence-corrected chi connectivity index (χ4v) is 11.6. The molecular formula is C78H88. The molecule has 4 aliphatic carbocycles. The number of allylic oxidation sites excluding steroid dienone is 4. The summed E-state index contributed by atoms with van der Waals surface area (Å²) < 4.78 is 0. The first-order valence-corrected chi connectivity index (χ1v) is 27.9. The van der Waals surface area contributed by atoms with Gasteiger partial charge in [-0.05, 0) is 127 Å². The molecule has 0 spiro atoms. The third-order valence-corrected chi connectivity index (χ3v) is 14.7. The Labute approximate surface area is 473 Å². The lowest BCUT2D eigenvalue weighted by molar-refractivity contribution is 0.484. The van der Waals surface area contributed by atoms with E-state index in [1.54, 1.807) is 0 Å². The molecule has 0 saturated carbocycles. The van der Waals surface area contributed by atoms with Crippen molar-refractivity contribution in [3.05, 3.63) is 305 Å². The molecule has 0 saturated heterocycles. The monoisotopic (exact) mass is 1020 g/mol. The van der Waals surface area contributed by atoms with E-state index in [-0.39, 0.29) is 25.7 Å². The lowest BCUT2D eigenvalue weighted by Crippen LogP contribution is -2.28. The van der Waals surface area contributed by atoms with E-state index in [2.05, 4.69) is 263 Å². The first-order chi connectivity index (χ1) is 37.5. The molecule has 0 aromatic heterocycles. The van der Waals surface area contributed by atoms with Crippen LogP contribution in [-0.2, 0) is 23.7 Å². The summed E-state index contributed by atoms with van der Waals surface area (Å²) in [5.74, 6) is 3.53. The average molecular weight is 1030 g/mol. The molecule has 0 amide bonds. The van der Waals surface area contributed by atoms with Gasteiger partial charge in [0.15, 0.2) is 0 Å². The second-order valence-electron chi connectivity index (χ2n) is 18.4. The van der Waals surface area contributed by atoms with Crippen LogP contribution in [0.25, 0.3) is 38.6 Å². The molecule has 2 atom stereocenters. The van der Waals surface area contributed by atoms with Gasteiger partial charge in [-0.15, -0.1) is 19.6 Å². The molecule has 0 heterocycles. The van der Waals surface area contributed by atoms with Crippen LogP contribution in [0, 0.1) is 25.2 Å². The highest BCUT2D eigenvalue weighted by atomic mass is 14.5. The van der Waals surface area contributed by atoms with Crippen LogP contribution >= 0.6 is 0 Å². The normalized spacial score (nSPS) is 14.9. The van der Waals surface area contributed by atoms with Gasteiger partial charge in [0, 0.05) is 5.92 Å². The van der Waals surface area contributed by atoms with Crippen LogP contribution < -0.4 is 0 Å². The summed E-state index contributed by atoms with van der Waals surface area (Å²) >= 11 is 0. The highest BCUT2D eigenvalue weighted by Crippen LogP contribution is 2.56. The van der Waals surface area contributed by atoms with Gasteiger partial charge >= 0.3 is 0 Å². The van der Waals surface area contributed by atoms with E-state index in [0.717, 1.165) is 19.3 Å². The SMILES string of the molecule is C.C.C#CC1(C)c2cccc(Cc3cccc4ccccc34)c2C2=CC=CCC21.C=C.CC.CC.CC.CC.Cc1ccc2c(c1)Cc1ccccc1-2.c1ccc(C2(c3ccccc3)c3ccccc3-c3ccccc32)cc1. The number of aryl methyl sites for hydroxylation is 1. The minimum atomic E-state index is -0.254. The van der Waals surface area contributed by atoms with Crippen molar-refractivity contribution in [3.8, 4) is 34.6 Å². The summed E-state index contributed by atoms with van der Waals surface area (Å²) in [5, 5.41) is 2.64. The van der Waals surface area contributed by atoms with Crippen molar-refractivity contribution in [3.63, 3.8) is 0 Å². The zero-order valence-electron chi connectivity index (χ0n) is 47.1. The molecule has 9 aromatic carbocycles. The van der Waals surface area contributed by atoms with E-state index >= 15 is 0 Å². The molecule has 9 aromatic rings. The van der Waals surface area contributed by atoms with Crippen LogP contribution in [0.1, 0.15) is 145 Å². The second kappa shape index (κ2) is 30.1. The van der Waals surface area contributed by atoms with Gasteiger partial charge in [0.05, 0.1) is 10.8 Å². The number of rotatable bonds is 4. The van der Waals surface area contributed by atoms with Gasteiger partial charge in [0.25, 0.3) is 0 Å². The lowest BCUT2D eigenvalue weighted by atomic mass is 9.68. The average Bonchev–Trinajstić information content (AvgIpc) is 4.10. The minimum absolute atomic E-state index is 0. The predicted molar refractivity (Wildman–Crippen MR) is 348 cm³/mol. The van der Waals surface area contributed by atoms with Gasteiger partial charge in [-0.2, -0.15) is 0 Å². The van der Waals surface area contributed by atoms with E-state index < -0.39 is 0 Å². The fraction of sp³-hybridized carbons (Fsp3) is 0.231. The van der Waals surface area contributed by atoms with Crippen molar-refractivity contribution in [1.82, 2.24) is 0 Å². The van der Waals surface area contributed by atoms with Crippen molar-refractivity contribution in [2.75, 3.05) is 0 Å². The number of hydrogen-bond acceptors (Lipinski definition) is 0. The third kappa shape index (κ3) is 12.1. The minimum Gasteiger partial charge on any atom is -0.119 e. The summed E-state index contributed by atoms with van der Waals surface area (Å²) in [6.07, 6.45) is 15.8. The molecule has 400 valence electrons. The Balaban J connectivity index is 0.000000238. The van der Waals surface area contributed by atoms with Crippen LogP contribution in [0.2, 0.25) is 0 Å². The van der Waals surface area contributed by atoms with E-state index in [4.69, 9.17) is 6.42 Å². The Bertz CT molecular complexity index is 3300.